The molecule has 3 aromatic rings. The molecular weight excluding hydrogens is 514 g/mol. The van der Waals surface area contributed by atoms with Gasteiger partial charge >= 0.3 is 5.97 Å². The Bertz CT molecular complexity index is 1340. The number of benzene rings is 2. The van der Waals surface area contributed by atoms with Gasteiger partial charge in [0.25, 0.3) is 0 Å². The molecule has 3 rings (SSSR count). The SMILES string of the molecule is CCC(C)C(NC(=O)C(C)NC(=O)C(Cc1ccc(O)cc1)NC(=O)C(N)Cc1c[nH]c2ccccc12)C(=O)O. The van der Waals surface area contributed by atoms with Crippen LogP contribution in [0.4, 0.5) is 0 Å². The first kappa shape index (κ1) is 30.2. The molecule has 0 aliphatic rings. The topological polar surface area (TPSA) is 187 Å². The first-order chi connectivity index (χ1) is 19.0. The lowest BCUT2D eigenvalue weighted by molar-refractivity contribution is -0.143. The number of para-hydroxylation sites is 1. The molecule has 0 spiro atoms. The summed E-state index contributed by atoms with van der Waals surface area (Å²) in [4.78, 5) is 53.8. The predicted molar refractivity (Wildman–Crippen MR) is 150 cm³/mol. The normalized spacial score (nSPS) is 14.9. The summed E-state index contributed by atoms with van der Waals surface area (Å²) in [6, 6.07) is 9.57. The van der Waals surface area contributed by atoms with Gasteiger partial charge in [-0.05, 0) is 48.6 Å². The number of nitrogens with one attached hydrogen (secondary N) is 4. The molecule has 0 aliphatic heterocycles. The standard InChI is InChI=1S/C29H37N5O6/c1-4-16(2)25(29(39)40)34-26(36)17(3)32-28(38)24(13-18-9-11-20(35)12-10-18)33-27(37)22(30)14-19-15-31-23-8-6-5-7-21(19)23/h5-12,15-17,22,24-25,31,35H,4,13-14,30H2,1-3H3,(H,32,38)(H,33,37)(H,34,36)(H,39,40). The van der Waals surface area contributed by atoms with Crippen LogP contribution in [0.5, 0.6) is 5.75 Å². The van der Waals surface area contributed by atoms with Gasteiger partial charge in [-0.15, -0.1) is 0 Å². The second kappa shape index (κ2) is 13.6. The number of carboxylic acids is 1. The van der Waals surface area contributed by atoms with E-state index < -0.39 is 47.9 Å². The second-order valence-corrected chi connectivity index (χ2v) is 10.0. The summed E-state index contributed by atoms with van der Waals surface area (Å²) in [5, 5.41) is 27.8. The molecule has 3 amide bonds. The van der Waals surface area contributed by atoms with Crippen LogP contribution < -0.4 is 21.7 Å². The first-order valence-electron chi connectivity index (χ1n) is 13.2. The molecule has 0 saturated carbocycles. The lowest BCUT2D eigenvalue weighted by atomic mass is 9.99. The van der Waals surface area contributed by atoms with Gasteiger partial charge in [0, 0.05) is 23.5 Å². The highest BCUT2D eigenvalue weighted by molar-refractivity contribution is 5.94. The summed E-state index contributed by atoms with van der Waals surface area (Å²) in [5.74, 6) is -3.28. The van der Waals surface area contributed by atoms with Crippen LogP contribution in [0.1, 0.15) is 38.3 Å². The fraction of sp³-hybridized carbons (Fsp3) is 0.379. The number of phenols is 1. The summed E-state index contributed by atoms with van der Waals surface area (Å²) in [5.41, 5.74) is 8.66. The number of carbonyl (C=O) groups excluding carboxylic acids is 3. The van der Waals surface area contributed by atoms with Crippen molar-refractivity contribution < 1.29 is 29.4 Å². The maximum Gasteiger partial charge on any atom is 0.326 e. The van der Waals surface area contributed by atoms with Gasteiger partial charge in [0.15, 0.2) is 0 Å². The van der Waals surface area contributed by atoms with Gasteiger partial charge in [0.2, 0.25) is 17.7 Å². The van der Waals surface area contributed by atoms with Crippen molar-refractivity contribution in [1.82, 2.24) is 20.9 Å². The highest BCUT2D eigenvalue weighted by Crippen LogP contribution is 2.19. The summed E-state index contributed by atoms with van der Waals surface area (Å²) in [6.07, 6.45) is 2.63. The smallest absolute Gasteiger partial charge is 0.326 e. The number of rotatable bonds is 13. The fourth-order valence-corrected chi connectivity index (χ4v) is 4.33. The van der Waals surface area contributed by atoms with Crippen molar-refractivity contribution in [3.05, 3.63) is 65.9 Å². The monoisotopic (exact) mass is 551 g/mol. The van der Waals surface area contributed by atoms with Crippen LogP contribution in [-0.4, -0.2) is 63.1 Å². The van der Waals surface area contributed by atoms with E-state index in [9.17, 15) is 29.4 Å². The molecule has 5 unspecified atom stereocenters. The molecule has 214 valence electrons. The number of phenolic OH excluding ortho intramolecular Hbond substituents is 1. The molecule has 0 aliphatic carbocycles. The number of carbonyl (C=O) groups is 4. The largest absolute Gasteiger partial charge is 0.508 e. The second-order valence-electron chi connectivity index (χ2n) is 10.0. The average molecular weight is 552 g/mol. The molecule has 0 radical (unpaired) electrons. The minimum absolute atomic E-state index is 0.0501. The van der Waals surface area contributed by atoms with E-state index >= 15 is 0 Å². The van der Waals surface area contributed by atoms with Crippen LogP contribution in [0.15, 0.2) is 54.7 Å². The molecule has 11 nitrogen and oxygen atoms in total. The van der Waals surface area contributed by atoms with E-state index in [-0.39, 0.29) is 24.5 Å². The van der Waals surface area contributed by atoms with Crippen molar-refractivity contribution >= 4 is 34.6 Å². The number of aliphatic carboxylic acids is 1. The number of carboxylic acid groups (broad SMARTS) is 1. The van der Waals surface area contributed by atoms with Crippen molar-refractivity contribution in [2.45, 2.75) is 64.2 Å². The zero-order chi connectivity index (χ0) is 29.4. The van der Waals surface area contributed by atoms with E-state index in [1.54, 1.807) is 25.3 Å². The van der Waals surface area contributed by atoms with E-state index in [1.807, 2.05) is 31.2 Å². The van der Waals surface area contributed by atoms with Crippen molar-refractivity contribution in [2.75, 3.05) is 0 Å². The van der Waals surface area contributed by atoms with Gasteiger partial charge in [-0.25, -0.2) is 4.79 Å². The average Bonchev–Trinajstić information content (AvgIpc) is 3.34. The molecule has 0 bridgehead atoms. The zero-order valence-corrected chi connectivity index (χ0v) is 22.8. The van der Waals surface area contributed by atoms with Crippen molar-refractivity contribution in [3.8, 4) is 5.75 Å². The number of hydrogen-bond acceptors (Lipinski definition) is 6. The fourth-order valence-electron chi connectivity index (χ4n) is 4.33. The van der Waals surface area contributed by atoms with E-state index in [4.69, 9.17) is 5.73 Å². The molecular formula is C29H37N5O6. The number of aromatic amines is 1. The number of hydrogen-bond donors (Lipinski definition) is 7. The van der Waals surface area contributed by atoms with Crippen LogP contribution in [0.2, 0.25) is 0 Å². The number of amides is 3. The van der Waals surface area contributed by atoms with Crippen LogP contribution >= 0.6 is 0 Å². The predicted octanol–water partition coefficient (Wildman–Crippen LogP) is 1.59. The maximum atomic E-state index is 13.3. The summed E-state index contributed by atoms with van der Waals surface area (Å²) < 4.78 is 0. The number of aromatic nitrogens is 1. The third-order valence-electron chi connectivity index (χ3n) is 6.99. The van der Waals surface area contributed by atoms with Gasteiger partial charge in [-0.1, -0.05) is 50.6 Å². The Morgan fingerprint density at radius 1 is 0.900 bits per heavy atom. The number of aromatic hydroxyl groups is 1. The van der Waals surface area contributed by atoms with Gasteiger partial charge in [-0.2, -0.15) is 0 Å². The number of H-pyrrole nitrogens is 1. The van der Waals surface area contributed by atoms with E-state index in [0.717, 1.165) is 16.5 Å². The van der Waals surface area contributed by atoms with Crippen LogP contribution in [0.3, 0.4) is 0 Å². The Kier molecular flexibility index (Phi) is 10.3. The third-order valence-corrected chi connectivity index (χ3v) is 6.99. The molecule has 1 heterocycles. The summed E-state index contributed by atoms with van der Waals surface area (Å²) in [6.45, 7) is 4.97. The molecule has 8 N–H and O–H groups in total. The molecule has 5 atom stereocenters. The molecule has 11 heteroatoms. The highest BCUT2D eigenvalue weighted by Gasteiger charge is 2.30. The minimum Gasteiger partial charge on any atom is -0.508 e. The Morgan fingerprint density at radius 3 is 2.23 bits per heavy atom. The molecule has 0 fully saturated rings. The zero-order valence-electron chi connectivity index (χ0n) is 22.8. The third kappa shape index (κ3) is 7.82. The lowest BCUT2D eigenvalue weighted by Crippen LogP contribution is -2.57. The van der Waals surface area contributed by atoms with E-state index in [0.29, 0.717) is 12.0 Å². The molecule has 40 heavy (non-hydrogen) atoms. The van der Waals surface area contributed by atoms with Gasteiger partial charge < -0.3 is 36.9 Å². The van der Waals surface area contributed by atoms with Crippen LogP contribution in [0.25, 0.3) is 10.9 Å². The molecule has 0 saturated heterocycles. The number of fused-ring (bicyclic) bond motifs is 1. The molecule has 2 aromatic carbocycles. The van der Waals surface area contributed by atoms with E-state index in [1.165, 1.54) is 19.1 Å². The van der Waals surface area contributed by atoms with Crippen molar-refractivity contribution in [1.29, 1.82) is 0 Å². The maximum absolute atomic E-state index is 13.3. The van der Waals surface area contributed by atoms with Gasteiger partial charge in [-0.3, -0.25) is 14.4 Å². The van der Waals surface area contributed by atoms with Gasteiger partial charge in [0.1, 0.15) is 23.9 Å². The Morgan fingerprint density at radius 2 is 1.57 bits per heavy atom. The Labute approximate surface area is 232 Å². The Balaban J connectivity index is 1.72. The van der Waals surface area contributed by atoms with Crippen LogP contribution in [-0.2, 0) is 32.0 Å². The van der Waals surface area contributed by atoms with E-state index in [2.05, 4.69) is 20.9 Å². The van der Waals surface area contributed by atoms with Crippen molar-refractivity contribution in [2.24, 2.45) is 11.7 Å². The van der Waals surface area contributed by atoms with Crippen molar-refractivity contribution in [3.63, 3.8) is 0 Å². The summed E-state index contributed by atoms with van der Waals surface area (Å²) in [7, 11) is 0. The quantitative estimate of drug-likeness (QED) is 0.168. The first-order valence-corrected chi connectivity index (χ1v) is 13.2. The minimum atomic E-state index is -1.16. The Hall–Kier alpha value is -4.38. The highest BCUT2D eigenvalue weighted by atomic mass is 16.4. The molecule has 1 aromatic heterocycles. The van der Waals surface area contributed by atoms with Gasteiger partial charge in [0.05, 0.1) is 6.04 Å². The van der Waals surface area contributed by atoms with Crippen LogP contribution in [0, 0.1) is 5.92 Å². The summed E-state index contributed by atoms with van der Waals surface area (Å²) >= 11 is 0. The number of nitrogens with two attached hydrogens (primary N) is 1. The lowest BCUT2D eigenvalue weighted by Gasteiger charge is -2.25.